The van der Waals surface area contributed by atoms with Gasteiger partial charge in [-0.1, -0.05) is 141 Å². The Labute approximate surface area is 293 Å². The lowest BCUT2D eigenvalue weighted by molar-refractivity contribution is 0.556. The zero-order valence-electron chi connectivity index (χ0n) is 29.6. The van der Waals surface area contributed by atoms with E-state index in [1.165, 1.54) is 188 Å². The molecule has 0 saturated heterocycles. The van der Waals surface area contributed by atoms with Crippen LogP contribution in [-0.4, -0.2) is 14.6 Å². The van der Waals surface area contributed by atoms with E-state index in [2.05, 4.69) is 55.6 Å². The van der Waals surface area contributed by atoms with Gasteiger partial charge in [-0.3, -0.25) is 4.98 Å². The number of thiophene rings is 2. The molecule has 4 heterocycles. The molecule has 0 atom stereocenters. The van der Waals surface area contributed by atoms with Crippen LogP contribution in [0.15, 0.2) is 18.3 Å². The highest BCUT2D eigenvalue weighted by atomic mass is 32.1. The summed E-state index contributed by atoms with van der Waals surface area (Å²) in [5.74, 6) is 0. The number of aromatic nitrogens is 3. The van der Waals surface area contributed by atoms with Crippen LogP contribution in [0.4, 0.5) is 0 Å². The first-order chi connectivity index (χ1) is 22.7. The number of aryl methyl sites for hydroxylation is 4. The molecule has 0 N–H and O–H groups in total. The molecule has 0 bridgehead atoms. The minimum Gasteiger partial charge on any atom is -0.252 e. The van der Waals surface area contributed by atoms with Gasteiger partial charge in [-0.05, 0) is 73.8 Å². The summed E-state index contributed by atoms with van der Waals surface area (Å²) in [7, 11) is 0. The Kier molecular flexibility index (Phi) is 17.3. The monoisotopic (exact) mass is 679 g/mol. The van der Waals surface area contributed by atoms with E-state index in [0.717, 1.165) is 17.6 Å². The predicted octanol–water partition coefficient (Wildman–Crippen LogP) is 14.3. The Morgan fingerprint density at radius 3 is 1.67 bits per heavy atom. The minimum absolute atomic E-state index is 0.969. The number of fused-ring (bicyclic) bond motifs is 1. The van der Waals surface area contributed by atoms with Crippen LogP contribution in [0.2, 0.25) is 0 Å². The van der Waals surface area contributed by atoms with Crippen LogP contribution in [0.3, 0.4) is 0 Å². The fourth-order valence-electron chi connectivity index (χ4n) is 6.73. The predicted molar refractivity (Wildman–Crippen MR) is 207 cm³/mol. The van der Waals surface area contributed by atoms with Gasteiger partial charge < -0.3 is 0 Å². The number of hydrogen-bond acceptors (Lipinski definition) is 6. The molecule has 0 aliphatic heterocycles. The van der Waals surface area contributed by atoms with Crippen LogP contribution >= 0.6 is 34.2 Å². The molecule has 4 aromatic heterocycles. The third-order valence-corrected chi connectivity index (χ3v) is 12.8. The third kappa shape index (κ3) is 11.5. The van der Waals surface area contributed by atoms with Gasteiger partial charge in [0.15, 0.2) is 0 Å². The van der Waals surface area contributed by atoms with Gasteiger partial charge in [0.2, 0.25) is 0 Å². The van der Waals surface area contributed by atoms with Gasteiger partial charge in [-0.15, -0.1) is 27.8 Å². The number of pyridine rings is 1. The molecule has 0 aliphatic rings. The fraction of sp³-hybridized carbons (Fsp3) is 0.675. The van der Waals surface area contributed by atoms with Crippen LogP contribution < -0.4 is 0 Å². The molecule has 4 aromatic rings. The standard InChI is InChI=1S/C40H61N3S3/c1-5-8-10-12-14-16-18-20-22-24-26-32-28-37(44-31(32)4)38-39-40(46-43-42-39)34(30-41-38)36-29-33(35(7-3)45-36)27-25-23-21-19-17-15-13-11-9-6-2/h28-30H,5-27H2,1-4H3. The van der Waals surface area contributed by atoms with E-state index >= 15 is 0 Å². The molecule has 0 saturated carbocycles. The van der Waals surface area contributed by atoms with Crippen molar-refractivity contribution in [2.24, 2.45) is 0 Å². The SMILES string of the molecule is CCCCCCCCCCCCc1cc(-c2ncc(-c3cc(CCCCCCCCCCCC)c(CC)s3)c3snnc23)sc1C. The molecule has 0 amide bonds. The first-order valence-electron chi connectivity index (χ1n) is 19.0. The summed E-state index contributed by atoms with van der Waals surface area (Å²) in [4.78, 5) is 10.6. The van der Waals surface area contributed by atoms with E-state index in [1.807, 2.05) is 22.7 Å². The largest absolute Gasteiger partial charge is 0.252 e. The number of unbranched alkanes of at least 4 members (excludes halogenated alkanes) is 18. The van der Waals surface area contributed by atoms with Gasteiger partial charge in [-0.25, -0.2) is 0 Å². The number of rotatable bonds is 25. The van der Waals surface area contributed by atoms with Crippen molar-refractivity contribution in [1.82, 2.24) is 14.6 Å². The molecule has 0 aromatic carbocycles. The zero-order valence-corrected chi connectivity index (χ0v) is 32.0. The molecule has 0 fully saturated rings. The van der Waals surface area contributed by atoms with Gasteiger partial charge in [0.05, 0.1) is 9.58 Å². The summed E-state index contributed by atoms with van der Waals surface area (Å²) in [6.07, 6.45) is 33.3. The average Bonchev–Trinajstić information content (AvgIpc) is 3.81. The van der Waals surface area contributed by atoms with Gasteiger partial charge in [0.1, 0.15) is 11.2 Å². The highest BCUT2D eigenvalue weighted by Gasteiger charge is 2.19. The Balaban J connectivity index is 1.30. The molecule has 0 radical (unpaired) electrons. The molecule has 46 heavy (non-hydrogen) atoms. The molecule has 0 spiro atoms. The lowest BCUT2D eigenvalue weighted by atomic mass is 10.0. The molecular weight excluding hydrogens is 619 g/mol. The summed E-state index contributed by atoms with van der Waals surface area (Å²) in [6.45, 7) is 9.17. The van der Waals surface area contributed by atoms with Crippen molar-refractivity contribution in [3.8, 4) is 21.0 Å². The summed E-state index contributed by atoms with van der Waals surface area (Å²) < 4.78 is 5.61. The van der Waals surface area contributed by atoms with Crippen LogP contribution in [0, 0.1) is 6.92 Å². The van der Waals surface area contributed by atoms with Crippen LogP contribution in [0.25, 0.3) is 31.2 Å². The molecule has 0 aliphatic carbocycles. The van der Waals surface area contributed by atoms with E-state index in [1.54, 1.807) is 5.56 Å². The zero-order chi connectivity index (χ0) is 32.4. The van der Waals surface area contributed by atoms with Gasteiger partial charge in [0.25, 0.3) is 0 Å². The van der Waals surface area contributed by atoms with Crippen molar-refractivity contribution in [3.05, 3.63) is 39.2 Å². The maximum atomic E-state index is 5.05. The second kappa shape index (κ2) is 21.4. The van der Waals surface area contributed by atoms with Gasteiger partial charge in [-0.2, -0.15) is 0 Å². The molecule has 4 rings (SSSR count). The Bertz CT molecular complexity index is 1400. The Morgan fingerprint density at radius 1 is 0.587 bits per heavy atom. The maximum absolute atomic E-state index is 5.05. The second-order valence-electron chi connectivity index (χ2n) is 13.4. The van der Waals surface area contributed by atoms with E-state index in [0.29, 0.717) is 0 Å². The van der Waals surface area contributed by atoms with Crippen molar-refractivity contribution < 1.29 is 0 Å². The summed E-state index contributed by atoms with van der Waals surface area (Å²) in [6, 6.07) is 4.84. The highest BCUT2D eigenvalue weighted by molar-refractivity contribution is 7.18. The van der Waals surface area contributed by atoms with Crippen LogP contribution in [0.5, 0.6) is 0 Å². The quantitative estimate of drug-likeness (QED) is 0.0654. The Morgan fingerprint density at radius 2 is 1.11 bits per heavy atom. The third-order valence-electron chi connectivity index (χ3n) is 9.62. The molecule has 6 heteroatoms. The maximum Gasteiger partial charge on any atom is 0.133 e. The highest BCUT2D eigenvalue weighted by Crippen LogP contribution is 2.41. The number of hydrogen-bond donors (Lipinski definition) is 0. The second-order valence-corrected chi connectivity index (χ2v) is 16.6. The summed E-state index contributed by atoms with van der Waals surface area (Å²) in [5, 5.41) is 4.62. The van der Waals surface area contributed by atoms with Gasteiger partial charge in [0, 0.05) is 26.4 Å². The van der Waals surface area contributed by atoms with E-state index in [9.17, 15) is 0 Å². The van der Waals surface area contributed by atoms with Gasteiger partial charge >= 0.3 is 0 Å². The summed E-state index contributed by atoms with van der Waals surface area (Å²) in [5.41, 5.74) is 6.22. The topological polar surface area (TPSA) is 38.7 Å². The average molecular weight is 680 g/mol. The van der Waals surface area contributed by atoms with E-state index in [4.69, 9.17) is 4.98 Å². The Hall–Kier alpha value is -1.63. The van der Waals surface area contributed by atoms with Crippen molar-refractivity contribution >= 4 is 44.4 Å². The smallest absolute Gasteiger partial charge is 0.133 e. The first kappa shape index (κ1) is 37.2. The molecule has 3 nitrogen and oxygen atoms in total. The summed E-state index contributed by atoms with van der Waals surface area (Å²) >= 11 is 5.36. The fourth-order valence-corrected chi connectivity index (χ4v) is 9.72. The lowest BCUT2D eigenvalue weighted by Crippen LogP contribution is -1.89. The first-order valence-corrected chi connectivity index (χ1v) is 21.4. The molecular formula is C40H61N3S3. The van der Waals surface area contributed by atoms with Crippen molar-refractivity contribution in [1.29, 1.82) is 0 Å². The van der Waals surface area contributed by atoms with Crippen LogP contribution in [0.1, 0.15) is 170 Å². The normalized spacial score (nSPS) is 11.7. The van der Waals surface area contributed by atoms with Crippen molar-refractivity contribution in [3.63, 3.8) is 0 Å². The molecule has 0 unspecified atom stereocenters. The van der Waals surface area contributed by atoms with Crippen LogP contribution in [-0.2, 0) is 19.3 Å². The van der Waals surface area contributed by atoms with E-state index < -0.39 is 0 Å². The molecule has 254 valence electrons. The lowest BCUT2D eigenvalue weighted by Gasteiger charge is -2.03. The van der Waals surface area contributed by atoms with Crippen molar-refractivity contribution in [2.45, 2.75) is 175 Å². The minimum atomic E-state index is 0.969. The number of nitrogens with zero attached hydrogens (tertiary/aromatic N) is 3. The van der Waals surface area contributed by atoms with Crippen molar-refractivity contribution in [2.75, 3.05) is 0 Å². The van der Waals surface area contributed by atoms with E-state index in [-0.39, 0.29) is 0 Å².